The first-order valence-corrected chi connectivity index (χ1v) is 6.73. The Morgan fingerprint density at radius 2 is 1.47 bits per heavy atom. The van der Waals surface area contributed by atoms with Crippen LogP contribution in [0.2, 0.25) is 0 Å². The fourth-order valence-corrected chi connectivity index (χ4v) is 2.90. The van der Waals surface area contributed by atoms with Gasteiger partial charge in [0.2, 0.25) is 0 Å². The third-order valence-corrected chi connectivity index (χ3v) is 4.27. The SMILES string of the molecule is OC1CCC(N(CC2CC2)CC2CC2)C1. The van der Waals surface area contributed by atoms with E-state index < -0.39 is 0 Å². The predicted molar refractivity (Wildman–Crippen MR) is 60.7 cm³/mol. The topological polar surface area (TPSA) is 23.5 Å². The molecular weight excluding hydrogens is 186 g/mol. The summed E-state index contributed by atoms with van der Waals surface area (Å²) in [5, 5.41) is 9.62. The molecule has 2 unspecified atom stereocenters. The van der Waals surface area contributed by atoms with Gasteiger partial charge in [0.05, 0.1) is 6.10 Å². The molecule has 86 valence electrons. The van der Waals surface area contributed by atoms with Crippen molar-refractivity contribution in [1.82, 2.24) is 4.90 Å². The van der Waals surface area contributed by atoms with Gasteiger partial charge in [-0.25, -0.2) is 0 Å². The first kappa shape index (κ1) is 10.1. The van der Waals surface area contributed by atoms with Crippen molar-refractivity contribution < 1.29 is 5.11 Å². The Balaban J connectivity index is 1.54. The van der Waals surface area contributed by atoms with Gasteiger partial charge in [0.1, 0.15) is 0 Å². The van der Waals surface area contributed by atoms with Crippen molar-refractivity contribution in [2.75, 3.05) is 13.1 Å². The molecule has 0 heterocycles. The molecule has 3 aliphatic rings. The lowest BCUT2D eigenvalue weighted by Gasteiger charge is -2.28. The van der Waals surface area contributed by atoms with Crippen molar-refractivity contribution in [1.29, 1.82) is 0 Å². The van der Waals surface area contributed by atoms with Crippen molar-refractivity contribution in [3.05, 3.63) is 0 Å². The molecule has 3 saturated carbocycles. The molecular formula is C13H23NO. The minimum atomic E-state index is -0.00379. The molecule has 1 N–H and O–H groups in total. The van der Waals surface area contributed by atoms with Crippen LogP contribution in [0.5, 0.6) is 0 Å². The number of aliphatic hydroxyl groups excluding tert-OH is 1. The maximum absolute atomic E-state index is 9.62. The van der Waals surface area contributed by atoms with E-state index in [9.17, 15) is 5.11 Å². The first-order valence-electron chi connectivity index (χ1n) is 6.73. The summed E-state index contributed by atoms with van der Waals surface area (Å²) in [6.45, 7) is 2.65. The fourth-order valence-electron chi connectivity index (χ4n) is 2.90. The highest BCUT2D eigenvalue weighted by Gasteiger charge is 2.35. The molecule has 0 aromatic carbocycles. The molecule has 0 aromatic rings. The van der Waals surface area contributed by atoms with Gasteiger partial charge in [-0.3, -0.25) is 4.90 Å². The zero-order valence-corrected chi connectivity index (χ0v) is 9.57. The van der Waals surface area contributed by atoms with Gasteiger partial charge in [-0.15, -0.1) is 0 Å². The zero-order valence-electron chi connectivity index (χ0n) is 9.57. The molecule has 0 aliphatic heterocycles. The monoisotopic (exact) mass is 209 g/mol. The van der Waals surface area contributed by atoms with Crippen LogP contribution in [0.3, 0.4) is 0 Å². The van der Waals surface area contributed by atoms with E-state index in [0.717, 1.165) is 24.7 Å². The Morgan fingerprint density at radius 3 is 1.87 bits per heavy atom. The zero-order chi connectivity index (χ0) is 10.3. The number of nitrogens with zero attached hydrogens (tertiary/aromatic N) is 1. The van der Waals surface area contributed by atoms with Crippen LogP contribution < -0.4 is 0 Å². The van der Waals surface area contributed by atoms with Gasteiger partial charge in [0, 0.05) is 19.1 Å². The molecule has 2 atom stereocenters. The highest BCUT2D eigenvalue weighted by Crippen LogP contribution is 2.36. The summed E-state index contributed by atoms with van der Waals surface area (Å²) in [7, 11) is 0. The van der Waals surface area contributed by atoms with E-state index in [-0.39, 0.29) is 6.10 Å². The van der Waals surface area contributed by atoms with Crippen molar-refractivity contribution in [3.8, 4) is 0 Å². The van der Waals surface area contributed by atoms with Gasteiger partial charge >= 0.3 is 0 Å². The van der Waals surface area contributed by atoms with E-state index >= 15 is 0 Å². The largest absolute Gasteiger partial charge is 0.393 e. The lowest BCUT2D eigenvalue weighted by molar-refractivity contribution is 0.144. The Morgan fingerprint density at radius 1 is 0.867 bits per heavy atom. The smallest absolute Gasteiger partial charge is 0.0555 e. The molecule has 3 rings (SSSR count). The molecule has 0 aromatic heterocycles. The maximum atomic E-state index is 9.62. The van der Waals surface area contributed by atoms with Crippen LogP contribution in [0.25, 0.3) is 0 Å². The van der Waals surface area contributed by atoms with E-state index in [1.807, 2.05) is 0 Å². The van der Waals surface area contributed by atoms with E-state index in [1.54, 1.807) is 0 Å². The van der Waals surface area contributed by atoms with Gasteiger partial charge in [0.15, 0.2) is 0 Å². The highest BCUT2D eigenvalue weighted by molar-refractivity contribution is 4.89. The van der Waals surface area contributed by atoms with Gasteiger partial charge < -0.3 is 5.11 Å². The lowest BCUT2D eigenvalue weighted by atomic mass is 10.1. The summed E-state index contributed by atoms with van der Waals surface area (Å²) in [5.74, 6) is 2.00. The molecule has 3 aliphatic carbocycles. The second-order valence-corrected chi connectivity index (χ2v) is 5.96. The highest BCUT2D eigenvalue weighted by atomic mass is 16.3. The van der Waals surface area contributed by atoms with Gasteiger partial charge in [-0.05, 0) is 56.8 Å². The Kier molecular flexibility index (Phi) is 2.73. The van der Waals surface area contributed by atoms with Gasteiger partial charge in [0.25, 0.3) is 0 Å². The van der Waals surface area contributed by atoms with Crippen LogP contribution >= 0.6 is 0 Å². The molecule has 2 nitrogen and oxygen atoms in total. The molecule has 0 bridgehead atoms. The predicted octanol–water partition coefficient (Wildman–Crippen LogP) is 2.02. The molecule has 0 amide bonds. The summed E-state index contributed by atoms with van der Waals surface area (Å²) < 4.78 is 0. The van der Waals surface area contributed by atoms with Crippen molar-refractivity contribution >= 4 is 0 Å². The second-order valence-electron chi connectivity index (χ2n) is 5.96. The van der Waals surface area contributed by atoms with Crippen molar-refractivity contribution in [3.63, 3.8) is 0 Å². The third kappa shape index (κ3) is 2.73. The van der Waals surface area contributed by atoms with E-state index in [4.69, 9.17) is 0 Å². The molecule has 2 heteroatoms. The standard InChI is InChI=1S/C13H23NO/c15-13-6-5-12(7-13)14(8-10-1-2-10)9-11-3-4-11/h10-13,15H,1-9H2. The minimum absolute atomic E-state index is 0.00379. The molecule has 0 spiro atoms. The van der Waals surface area contributed by atoms with Gasteiger partial charge in [-0.2, -0.15) is 0 Å². The average molecular weight is 209 g/mol. The van der Waals surface area contributed by atoms with Crippen LogP contribution in [0.4, 0.5) is 0 Å². The van der Waals surface area contributed by atoms with E-state index in [0.29, 0.717) is 6.04 Å². The number of hydrogen-bond donors (Lipinski definition) is 1. The summed E-state index contributed by atoms with van der Waals surface area (Å²) >= 11 is 0. The van der Waals surface area contributed by atoms with Crippen LogP contribution in [0.15, 0.2) is 0 Å². The maximum Gasteiger partial charge on any atom is 0.0555 e. The van der Waals surface area contributed by atoms with Gasteiger partial charge in [-0.1, -0.05) is 0 Å². The van der Waals surface area contributed by atoms with Crippen LogP contribution in [0, 0.1) is 11.8 Å². The number of hydrogen-bond acceptors (Lipinski definition) is 2. The van der Waals surface area contributed by atoms with E-state index in [2.05, 4.69) is 4.90 Å². The van der Waals surface area contributed by atoms with Crippen molar-refractivity contribution in [2.24, 2.45) is 11.8 Å². The normalized spacial score (nSPS) is 36.4. The molecule has 15 heavy (non-hydrogen) atoms. The van der Waals surface area contributed by atoms with Crippen LogP contribution in [-0.4, -0.2) is 35.2 Å². The first-order chi connectivity index (χ1) is 7.31. The summed E-state index contributed by atoms with van der Waals surface area (Å²) in [6.07, 6.45) is 9.13. The summed E-state index contributed by atoms with van der Waals surface area (Å²) in [6, 6.07) is 0.709. The fraction of sp³-hybridized carbons (Fsp3) is 1.00. The Bertz CT molecular complexity index is 209. The van der Waals surface area contributed by atoms with Crippen LogP contribution in [-0.2, 0) is 0 Å². The number of rotatable bonds is 5. The Hall–Kier alpha value is -0.0800. The van der Waals surface area contributed by atoms with Crippen molar-refractivity contribution in [2.45, 2.75) is 57.1 Å². The lowest BCUT2D eigenvalue weighted by Crippen LogP contribution is -2.37. The number of aliphatic hydroxyl groups is 1. The van der Waals surface area contributed by atoms with E-state index in [1.165, 1.54) is 45.2 Å². The molecule has 3 fully saturated rings. The molecule has 0 saturated heterocycles. The quantitative estimate of drug-likeness (QED) is 0.749. The average Bonchev–Trinajstić information content (AvgIpc) is 3.11. The second kappa shape index (κ2) is 4.06. The third-order valence-electron chi connectivity index (χ3n) is 4.27. The van der Waals surface area contributed by atoms with Crippen LogP contribution in [0.1, 0.15) is 44.9 Å². The minimum Gasteiger partial charge on any atom is -0.393 e. The molecule has 0 radical (unpaired) electrons. The summed E-state index contributed by atoms with van der Waals surface area (Å²) in [4.78, 5) is 2.71. The summed E-state index contributed by atoms with van der Waals surface area (Å²) in [5.41, 5.74) is 0. The Labute approximate surface area is 92.7 Å².